The van der Waals surface area contributed by atoms with Crippen LogP contribution in [0.1, 0.15) is 52.4 Å². The zero-order chi connectivity index (χ0) is 15.0. The Hall–Kier alpha value is -1.72. The van der Waals surface area contributed by atoms with Gasteiger partial charge in [-0.15, -0.1) is 0 Å². The number of hydrogen-bond acceptors (Lipinski definition) is 6. The highest BCUT2D eigenvalue weighted by molar-refractivity contribution is 5.97. The molecule has 2 saturated heterocycles. The van der Waals surface area contributed by atoms with E-state index in [1.54, 1.807) is 13.8 Å². The second-order valence-corrected chi connectivity index (χ2v) is 5.76. The van der Waals surface area contributed by atoms with Crippen molar-refractivity contribution in [2.24, 2.45) is 0 Å². The molecule has 0 aromatic rings. The van der Waals surface area contributed by atoms with Crippen molar-refractivity contribution in [3.8, 4) is 0 Å². The molecule has 110 valence electrons. The minimum atomic E-state index is -1.11. The van der Waals surface area contributed by atoms with Crippen LogP contribution in [0.15, 0.2) is 0 Å². The molecule has 2 atom stereocenters. The molecule has 0 aromatic heterocycles. The molecule has 2 rings (SSSR count). The minimum Gasteiger partial charge on any atom is -0.451 e. The number of cyclic esters (lactones) is 2. The van der Waals surface area contributed by atoms with E-state index in [0.717, 1.165) is 0 Å². The Bertz CT molecular complexity index is 438. The molecular weight excluding hydrogens is 264 g/mol. The smallest absolute Gasteiger partial charge is 0.306 e. The van der Waals surface area contributed by atoms with E-state index in [1.165, 1.54) is 0 Å². The number of carbonyl (C=O) groups is 4. The molecule has 0 bridgehead atoms. The van der Waals surface area contributed by atoms with E-state index >= 15 is 0 Å². The number of ether oxygens (including phenoxy) is 2. The van der Waals surface area contributed by atoms with Crippen molar-refractivity contribution in [1.29, 1.82) is 0 Å². The molecule has 20 heavy (non-hydrogen) atoms. The van der Waals surface area contributed by atoms with Crippen LogP contribution >= 0.6 is 0 Å². The van der Waals surface area contributed by atoms with Crippen molar-refractivity contribution >= 4 is 23.5 Å². The summed E-state index contributed by atoms with van der Waals surface area (Å²) < 4.78 is 10.1. The third-order valence-electron chi connectivity index (χ3n) is 4.05. The lowest BCUT2D eigenvalue weighted by Gasteiger charge is -2.23. The number of rotatable bonds is 5. The molecule has 2 heterocycles. The summed E-state index contributed by atoms with van der Waals surface area (Å²) >= 11 is 0. The summed E-state index contributed by atoms with van der Waals surface area (Å²) in [5, 5.41) is 0. The quantitative estimate of drug-likeness (QED) is 0.702. The van der Waals surface area contributed by atoms with Gasteiger partial charge in [0.25, 0.3) is 0 Å². The molecule has 0 N–H and O–H groups in total. The first kappa shape index (κ1) is 14.7. The van der Waals surface area contributed by atoms with Crippen molar-refractivity contribution in [3.05, 3.63) is 0 Å². The summed E-state index contributed by atoms with van der Waals surface area (Å²) in [5.74, 6) is -1.29. The Morgan fingerprint density at radius 2 is 1.25 bits per heavy atom. The number of esters is 2. The van der Waals surface area contributed by atoms with Gasteiger partial charge in [0.2, 0.25) is 0 Å². The van der Waals surface area contributed by atoms with Gasteiger partial charge in [0.15, 0.2) is 22.8 Å². The third-order valence-corrected chi connectivity index (χ3v) is 4.05. The summed E-state index contributed by atoms with van der Waals surface area (Å²) in [6, 6.07) is 0. The Morgan fingerprint density at radius 3 is 1.50 bits per heavy atom. The summed E-state index contributed by atoms with van der Waals surface area (Å²) in [6.45, 7) is 3.14. The average Bonchev–Trinajstić information content (AvgIpc) is 2.91. The molecule has 0 saturated carbocycles. The molecular formula is C14H18O6. The van der Waals surface area contributed by atoms with Crippen LogP contribution in [-0.2, 0) is 28.7 Å². The molecule has 0 spiro atoms. The van der Waals surface area contributed by atoms with Crippen LogP contribution in [0, 0.1) is 0 Å². The van der Waals surface area contributed by atoms with E-state index in [1.807, 2.05) is 0 Å². The Morgan fingerprint density at radius 1 is 0.900 bits per heavy atom. The number of Topliss-reactive ketones (excluding diaryl/α,β-unsaturated/α-hetero) is 2. The van der Waals surface area contributed by atoms with Crippen LogP contribution in [0.5, 0.6) is 0 Å². The second-order valence-electron chi connectivity index (χ2n) is 5.76. The first-order valence-corrected chi connectivity index (χ1v) is 6.75. The van der Waals surface area contributed by atoms with Gasteiger partial charge >= 0.3 is 11.9 Å². The van der Waals surface area contributed by atoms with Crippen molar-refractivity contribution in [3.63, 3.8) is 0 Å². The van der Waals surface area contributed by atoms with E-state index in [4.69, 9.17) is 9.47 Å². The van der Waals surface area contributed by atoms with Gasteiger partial charge in [0.05, 0.1) is 0 Å². The molecule has 2 fully saturated rings. The largest absolute Gasteiger partial charge is 0.451 e. The lowest BCUT2D eigenvalue weighted by molar-refractivity contribution is -0.158. The minimum absolute atomic E-state index is 0.00421. The maximum Gasteiger partial charge on any atom is 0.306 e. The number of carbonyl (C=O) groups excluding carboxylic acids is 4. The van der Waals surface area contributed by atoms with Crippen LogP contribution in [0.25, 0.3) is 0 Å². The molecule has 0 radical (unpaired) electrons. The van der Waals surface area contributed by atoms with Gasteiger partial charge in [-0.1, -0.05) is 0 Å². The first-order valence-electron chi connectivity index (χ1n) is 6.75. The van der Waals surface area contributed by atoms with Gasteiger partial charge < -0.3 is 9.47 Å². The zero-order valence-corrected chi connectivity index (χ0v) is 11.7. The first-order chi connectivity index (χ1) is 9.25. The van der Waals surface area contributed by atoms with Crippen LogP contribution in [0.2, 0.25) is 0 Å². The number of ketones is 2. The van der Waals surface area contributed by atoms with Crippen LogP contribution in [-0.4, -0.2) is 34.7 Å². The predicted molar refractivity (Wildman–Crippen MR) is 66.7 cm³/mol. The van der Waals surface area contributed by atoms with Crippen molar-refractivity contribution in [1.82, 2.24) is 0 Å². The zero-order valence-electron chi connectivity index (χ0n) is 11.7. The van der Waals surface area contributed by atoms with E-state index in [-0.39, 0.29) is 49.2 Å². The lowest BCUT2D eigenvalue weighted by atomic mass is 9.89. The van der Waals surface area contributed by atoms with E-state index in [0.29, 0.717) is 12.8 Å². The molecule has 2 aliphatic rings. The molecule has 0 amide bonds. The molecule has 0 unspecified atom stereocenters. The van der Waals surface area contributed by atoms with Crippen molar-refractivity contribution in [2.75, 3.05) is 0 Å². The SMILES string of the molecule is C[C@@]1(C(=O)CCC(=O)[C@]2(C)CCC(=O)O2)CCC(=O)O1. The molecule has 2 aliphatic heterocycles. The van der Waals surface area contributed by atoms with Crippen LogP contribution in [0.4, 0.5) is 0 Å². The summed E-state index contributed by atoms with van der Waals surface area (Å²) in [7, 11) is 0. The van der Waals surface area contributed by atoms with E-state index in [2.05, 4.69) is 0 Å². The molecule has 0 aromatic carbocycles. The summed E-state index contributed by atoms with van der Waals surface area (Å²) in [4.78, 5) is 46.3. The van der Waals surface area contributed by atoms with Crippen LogP contribution < -0.4 is 0 Å². The van der Waals surface area contributed by atoms with E-state index in [9.17, 15) is 19.2 Å². The fraction of sp³-hybridized carbons (Fsp3) is 0.714. The Labute approximate surface area is 116 Å². The van der Waals surface area contributed by atoms with Gasteiger partial charge in [0.1, 0.15) is 0 Å². The standard InChI is InChI=1S/C14H18O6/c1-13(7-5-11(17)19-13)9(15)3-4-10(16)14(2)8-6-12(18)20-14/h3-8H2,1-2H3/t13-,14-/m0/s1. The van der Waals surface area contributed by atoms with Gasteiger partial charge in [-0.05, 0) is 13.8 Å². The highest BCUT2D eigenvalue weighted by Gasteiger charge is 2.45. The normalized spacial score (nSPS) is 32.9. The highest BCUT2D eigenvalue weighted by atomic mass is 16.6. The molecule has 6 heteroatoms. The summed E-state index contributed by atoms with van der Waals surface area (Å²) in [5.41, 5.74) is -2.21. The van der Waals surface area contributed by atoms with Crippen molar-refractivity contribution < 1.29 is 28.7 Å². The third kappa shape index (κ3) is 2.73. The number of hydrogen-bond donors (Lipinski definition) is 0. The van der Waals surface area contributed by atoms with Gasteiger partial charge in [-0.3, -0.25) is 19.2 Å². The molecule has 6 nitrogen and oxygen atoms in total. The maximum absolute atomic E-state index is 12.1. The molecule has 0 aliphatic carbocycles. The average molecular weight is 282 g/mol. The Balaban J connectivity index is 1.89. The lowest BCUT2D eigenvalue weighted by Crippen LogP contribution is -2.38. The Kier molecular flexibility index (Phi) is 3.67. The van der Waals surface area contributed by atoms with Gasteiger partial charge in [-0.25, -0.2) is 0 Å². The predicted octanol–water partition coefficient (Wildman–Crippen LogP) is 1.10. The monoisotopic (exact) mass is 282 g/mol. The fourth-order valence-electron chi connectivity index (χ4n) is 2.54. The maximum atomic E-state index is 12.1. The van der Waals surface area contributed by atoms with Crippen LogP contribution in [0.3, 0.4) is 0 Å². The fourth-order valence-corrected chi connectivity index (χ4v) is 2.54. The van der Waals surface area contributed by atoms with Gasteiger partial charge in [-0.2, -0.15) is 0 Å². The van der Waals surface area contributed by atoms with Gasteiger partial charge in [0, 0.05) is 38.5 Å². The van der Waals surface area contributed by atoms with Crippen molar-refractivity contribution in [2.45, 2.75) is 63.6 Å². The highest BCUT2D eigenvalue weighted by Crippen LogP contribution is 2.31. The summed E-state index contributed by atoms with van der Waals surface area (Å²) in [6.07, 6.45) is 1.15. The van der Waals surface area contributed by atoms with E-state index < -0.39 is 11.2 Å². The second kappa shape index (κ2) is 5.00. The topological polar surface area (TPSA) is 86.7 Å².